The molecule has 4 rings (SSSR count). The number of rotatable bonds is 7. The van der Waals surface area contributed by atoms with Gasteiger partial charge in [-0.05, 0) is 42.7 Å². The summed E-state index contributed by atoms with van der Waals surface area (Å²) in [7, 11) is 0. The van der Waals surface area contributed by atoms with Crippen molar-refractivity contribution in [3.63, 3.8) is 0 Å². The molecule has 0 fully saturated rings. The van der Waals surface area contributed by atoms with E-state index in [-0.39, 0.29) is 12.5 Å². The summed E-state index contributed by atoms with van der Waals surface area (Å²) in [5.74, 6) is 0.926. The lowest BCUT2D eigenvalue weighted by Gasteiger charge is -2.10. The lowest BCUT2D eigenvalue weighted by atomic mass is 10.0. The van der Waals surface area contributed by atoms with Gasteiger partial charge in [0.25, 0.3) is 5.91 Å². The first-order valence-electron chi connectivity index (χ1n) is 10.7. The molecule has 0 aliphatic rings. The number of hydrogen-bond acceptors (Lipinski definition) is 4. The highest BCUT2D eigenvalue weighted by molar-refractivity contribution is 7.15. The Hall–Kier alpha value is -3.44. The maximum absolute atomic E-state index is 12.3. The first-order valence-corrected chi connectivity index (χ1v) is 11.5. The van der Waals surface area contributed by atoms with E-state index in [0.29, 0.717) is 11.7 Å². The molecule has 0 bridgehead atoms. The zero-order valence-corrected chi connectivity index (χ0v) is 19.3. The van der Waals surface area contributed by atoms with E-state index >= 15 is 0 Å². The molecule has 0 unspecified atom stereocenters. The number of anilines is 1. The Morgan fingerprint density at radius 3 is 2.44 bits per heavy atom. The number of amides is 1. The lowest BCUT2D eigenvalue weighted by Crippen LogP contribution is -2.20. The van der Waals surface area contributed by atoms with E-state index in [1.807, 2.05) is 60.7 Å². The maximum atomic E-state index is 12.3. The van der Waals surface area contributed by atoms with Crippen LogP contribution in [-0.4, -0.2) is 17.5 Å². The Balaban J connectivity index is 1.38. The van der Waals surface area contributed by atoms with Crippen molar-refractivity contribution in [1.29, 1.82) is 0 Å². The second kappa shape index (κ2) is 9.79. The largest absolute Gasteiger partial charge is 0.484 e. The van der Waals surface area contributed by atoms with Gasteiger partial charge in [0.15, 0.2) is 6.61 Å². The summed E-state index contributed by atoms with van der Waals surface area (Å²) in [6, 6.07) is 25.8. The summed E-state index contributed by atoms with van der Waals surface area (Å²) in [6.07, 6.45) is 0. The van der Waals surface area contributed by atoms with Gasteiger partial charge in [0.05, 0.1) is 5.69 Å². The summed E-state index contributed by atoms with van der Waals surface area (Å²) in [5, 5.41) is 3.90. The van der Waals surface area contributed by atoms with Gasteiger partial charge in [0, 0.05) is 21.7 Å². The molecule has 1 amide bonds. The number of nitrogens with zero attached hydrogens (tertiary/aromatic N) is 1. The first-order chi connectivity index (χ1) is 15.5. The molecule has 0 saturated carbocycles. The first kappa shape index (κ1) is 21.8. The van der Waals surface area contributed by atoms with Crippen molar-refractivity contribution in [1.82, 2.24) is 4.98 Å². The Bertz CT molecular complexity index is 1200. The van der Waals surface area contributed by atoms with Crippen LogP contribution in [0.3, 0.4) is 0 Å². The quantitative estimate of drug-likeness (QED) is 0.338. The number of nitrogens with one attached hydrogen (secondary N) is 1. The Labute approximate surface area is 192 Å². The molecule has 0 spiro atoms. The Morgan fingerprint density at radius 1 is 0.969 bits per heavy atom. The molecule has 0 radical (unpaired) electrons. The van der Waals surface area contributed by atoms with Gasteiger partial charge in [0.1, 0.15) is 10.8 Å². The molecule has 0 aliphatic carbocycles. The van der Waals surface area contributed by atoms with E-state index in [4.69, 9.17) is 9.72 Å². The van der Waals surface area contributed by atoms with Gasteiger partial charge in [-0.1, -0.05) is 68.4 Å². The predicted molar refractivity (Wildman–Crippen MR) is 132 cm³/mol. The Kier molecular flexibility index (Phi) is 6.66. The van der Waals surface area contributed by atoms with E-state index in [1.54, 1.807) is 11.3 Å². The number of carbonyl (C=O) groups is 1. The number of ether oxygens (including phenoxy) is 1. The van der Waals surface area contributed by atoms with E-state index in [2.05, 4.69) is 44.3 Å². The van der Waals surface area contributed by atoms with Crippen LogP contribution in [0.4, 0.5) is 5.69 Å². The molecule has 1 aromatic heterocycles. The summed E-state index contributed by atoms with van der Waals surface area (Å²) < 4.78 is 5.66. The van der Waals surface area contributed by atoms with Crippen LogP contribution < -0.4 is 10.1 Å². The maximum Gasteiger partial charge on any atom is 0.262 e. The normalized spacial score (nSPS) is 10.9. The summed E-state index contributed by atoms with van der Waals surface area (Å²) in [6.45, 7) is 6.31. The van der Waals surface area contributed by atoms with Crippen LogP contribution >= 0.6 is 11.3 Å². The van der Waals surface area contributed by atoms with Crippen molar-refractivity contribution in [2.24, 2.45) is 0 Å². The molecule has 1 heterocycles. The standard InChI is InChI=1S/C27H26N2O2S/c1-18(2)22-10-7-11-24(16-22)31-17-25(30)28-23-14-12-20(13-15-23)26-19(3)32-27(29-26)21-8-5-4-6-9-21/h4-16,18H,17H2,1-3H3,(H,28,30). The van der Waals surface area contributed by atoms with Crippen molar-refractivity contribution in [3.05, 3.63) is 89.3 Å². The van der Waals surface area contributed by atoms with Crippen molar-refractivity contribution in [3.8, 4) is 27.6 Å². The molecular weight excluding hydrogens is 416 g/mol. The van der Waals surface area contributed by atoms with Crippen LogP contribution in [0.15, 0.2) is 78.9 Å². The molecule has 0 atom stereocenters. The second-order valence-electron chi connectivity index (χ2n) is 7.93. The number of benzene rings is 3. The fraction of sp³-hybridized carbons (Fsp3) is 0.185. The lowest BCUT2D eigenvalue weighted by molar-refractivity contribution is -0.118. The van der Waals surface area contributed by atoms with Gasteiger partial charge in [-0.2, -0.15) is 0 Å². The van der Waals surface area contributed by atoms with Gasteiger partial charge >= 0.3 is 0 Å². The molecule has 0 aliphatic heterocycles. The minimum Gasteiger partial charge on any atom is -0.484 e. The highest BCUT2D eigenvalue weighted by Gasteiger charge is 2.12. The minimum atomic E-state index is -0.191. The van der Waals surface area contributed by atoms with Crippen LogP contribution in [0.1, 0.15) is 30.2 Å². The number of hydrogen-bond donors (Lipinski definition) is 1. The van der Waals surface area contributed by atoms with Gasteiger partial charge in [-0.3, -0.25) is 4.79 Å². The molecule has 162 valence electrons. The van der Waals surface area contributed by atoms with Crippen LogP contribution in [0.2, 0.25) is 0 Å². The third kappa shape index (κ3) is 5.24. The zero-order valence-electron chi connectivity index (χ0n) is 18.5. The fourth-order valence-electron chi connectivity index (χ4n) is 3.39. The van der Waals surface area contributed by atoms with E-state index in [0.717, 1.165) is 32.4 Å². The van der Waals surface area contributed by atoms with Crippen LogP contribution in [0, 0.1) is 6.92 Å². The van der Waals surface area contributed by atoms with Crippen LogP contribution in [0.25, 0.3) is 21.8 Å². The van der Waals surface area contributed by atoms with E-state index < -0.39 is 0 Å². The number of aryl methyl sites for hydroxylation is 1. The summed E-state index contributed by atoms with van der Waals surface area (Å²) >= 11 is 1.69. The number of carbonyl (C=O) groups excluding carboxylic acids is 1. The van der Waals surface area contributed by atoms with E-state index in [9.17, 15) is 4.79 Å². The van der Waals surface area contributed by atoms with Crippen LogP contribution in [0.5, 0.6) is 5.75 Å². The molecule has 0 saturated heterocycles. The minimum absolute atomic E-state index is 0.0328. The molecule has 4 aromatic rings. The highest BCUT2D eigenvalue weighted by Crippen LogP contribution is 2.33. The predicted octanol–water partition coefficient (Wildman–Crippen LogP) is 6.93. The molecule has 5 heteroatoms. The average molecular weight is 443 g/mol. The Morgan fingerprint density at radius 2 is 1.72 bits per heavy atom. The number of aromatic nitrogens is 1. The van der Waals surface area contributed by atoms with Crippen molar-refractivity contribution in [2.45, 2.75) is 26.7 Å². The monoisotopic (exact) mass is 442 g/mol. The second-order valence-corrected chi connectivity index (χ2v) is 9.13. The van der Waals surface area contributed by atoms with Gasteiger partial charge in [-0.25, -0.2) is 4.98 Å². The van der Waals surface area contributed by atoms with Crippen molar-refractivity contribution in [2.75, 3.05) is 11.9 Å². The molecule has 4 nitrogen and oxygen atoms in total. The van der Waals surface area contributed by atoms with Crippen molar-refractivity contribution >= 4 is 22.9 Å². The molecule has 1 N–H and O–H groups in total. The fourth-order valence-corrected chi connectivity index (χ4v) is 4.33. The third-order valence-electron chi connectivity index (χ3n) is 5.15. The molecule has 3 aromatic carbocycles. The third-order valence-corrected chi connectivity index (χ3v) is 6.17. The number of thiazole rings is 1. The van der Waals surface area contributed by atoms with Gasteiger partial charge in [-0.15, -0.1) is 11.3 Å². The molecule has 32 heavy (non-hydrogen) atoms. The summed E-state index contributed by atoms with van der Waals surface area (Å²) in [5.41, 5.74) is 5.04. The molecular formula is C27H26N2O2S. The average Bonchev–Trinajstić information content (AvgIpc) is 3.20. The topological polar surface area (TPSA) is 51.2 Å². The van der Waals surface area contributed by atoms with Gasteiger partial charge < -0.3 is 10.1 Å². The van der Waals surface area contributed by atoms with Crippen LogP contribution in [-0.2, 0) is 4.79 Å². The SMILES string of the molecule is Cc1sc(-c2ccccc2)nc1-c1ccc(NC(=O)COc2cccc(C(C)C)c2)cc1. The highest BCUT2D eigenvalue weighted by atomic mass is 32.1. The zero-order chi connectivity index (χ0) is 22.5. The van der Waals surface area contributed by atoms with E-state index in [1.165, 1.54) is 5.56 Å². The van der Waals surface area contributed by atoms with Gasteiger partial charge in [0.2, 0.25) is 0 Å². The smallest absolute Gasteiger partial charge is 0.262 e. The summed E-state index contributed by atoms with van der Waals surface area (Å²) in [4.78, 5) is 18.3. The van der Waals surface area contributed by atoms with Crippen molar-refractivity contribution < 1.29 is 9.53 Å².